The van der Waals surface area contributed by atoms with E-state index in [1.807, 2.05) is 0 Å². The summed E-state index contributed by atoms with van der Waals surface area (Å²) in [5.74, 6) is 1.14. The van der Waals surface area contributed by atoms with Crippen LogP contribution in [0.25, 0.3) is 0 Å². The van der Waals surface area contributed by atoms with Crippen molar-refractivity contribution in [3.05, 3.63) is 23.3 Å². The van der Waals surface area contributed by atoms with Crippen LogP contribution in [0, 0.1) is 22.7 Å². The number of carbonyl (C=O) groups excluding carboxylic acids is 1. The highest BCUT2D eigenvalue weighted by Gasteiger charge is 2.65. The van der Waals surface area contributed by atoms with Crippen LogP contribution in [-0.2, 0) is 4.79 Å². The summed E-state index contributed by atoms with van der Waals surface area (Å²) in [6.07, 6.45) is 11.1. The summed E-state index contributed by atoms with van der Waals surface area (Å²) in [5, 5.41) is 11.8. The molecule has 4 rings (SSSR count). The zero-order valence-corrected chi connectivity index (χ0v) is 14.1. The molecule has 4 aliphatic rings. The van der Waals surface area contributed by atoms with Crippen molar-refractivity contribution in [3.8, 4) is 0 Å². The fourth-order valence-electron chi connectivity index (χ4n) is 6.26. The van der Waals surface area contributed by atoms with Gasteiger partial charge in [-0.2, -0.15) is 0 Å². The predicted molar refractivity (Wildman–Crippen MR) is 87.3 cm³/mol. The number of Topliss-reactive ketones (excluding diaryl/α,β-unsaturated/α-hetero) is 1. The van der Waals surface area contributed by atoms with E-state index >= 15 is 0 Å². The number of ketones is 1. The summed E-state index contributed by atoms with van der Waals surface area (Å²) >= 11 is 0. The maximum atomic E-state index is 12.4. The molecule has 2 heteroatoms. The third-order valence-electron chi connectivity index (χ3n) is 7.89. The topological polar surface area (TPSA) is 37.3 Å². The van der Waals surface area contributed by atoms with Crippen LogP contribution in [0.1, 0.15) is 65.7 Å². The molecular weight excluding hydrogens is 272 g/mol. The van der Waals surface area contributed by atoms with Crippen molar-refractivity contribution in [2.75, 3.05) is 0 Å². The molecule has 0 aromatic rings. The summed E-state index contributed by atoms with van der Waals surface area (Å²) in [7, 11) is 0. The highest BCUT2D eigenvalue weighted by molar-refractivity contribution is 5.87. The van der Waals surface area contributed by atoms with E-state index in [2.05, 4.69) is 32.9 Å². The fraction of sp³-hybridized carbons (Fsp3) is 0.750. The second kappa shape index (κ2) is 4.35. The third kappa shape index (κ3) is 1.57. The van der Waals surface area contributed by atoms with Crippen molar-refractivity contribution < 1.29 is 9.90 Å². The Labute approximate surface area is 133 Å². The molecule has 4 aliphatic carbocycles. The normalized spacial score (nSPS) is 50.6. The average molecular weight is 300 g/mol. The molecule has 0 heterocycles. The molecule has 0 aliphatic heterocycles. The number of hydrogen-bond donors (Lipinski definition) is 1. The Hall–Kier alpha value is -0.890. The molecule has 0 radical (unpaired) electrons. The lowest BCUT2D eigenvalue weighted by Crippen LogP contribution is -2.62. The van der Waals surface area contributed by atoms with Crippen LogP contribution in [0.15, 0.2) is 23.3 Å². The minimum Gasteiger partial charge on any atom is -0.389 e. The van der Waals surface area contributed by atoms with Gasteiger partial charge in [0.05, 0.1) is 5.60 Å². The molecule has 3 fully saturated rings. The third-order valence-corrected chi connectivity index (χ3v) is 7.89. The van der Waals surface area contributed by atoms with Gasteiger partial charge in [-0.15, -0.1) is 0 Å². The maximum Gasteiger partial charge on any atom is 0.139 e. The van der Waals surface area contributed by atoms with E-state index in [4.69, 9.17) is 0 Å². The van der Waals surface area contributed by atoms with Crippen LogP contribution in [0.5, 0.6) is 0 Å². The van der Waals surface area contributed by atoms with Crippen molar-refractivity contribution in [1.82, 2.24) is 0 Å². The average Bonchev–Trinajstić information content (AvgIpc) is 2.77. The Bertz CT molecular complexity index is 601. The second-order valence-corrected chi connectivity index (χ2v) is 8.71. The molecule has 1 N–H and O–H groups in total. The van der Waals surface area contributed by atoms with Gasteiger partial charge in [0.15, 0.2) is 0 Å². The molecule has 0 bridgehead atoms. The monoisotopic (exact) mass is 300 g/mol. The van der Waals surface area contributed by atoms with Gasteiger partial charge >= 0.3 is 0 Å². The van der Waals surface area contributed by atoms with Crippen LogP contribution in [-0.4, -0.2) is 16.5 Å². The molecular formula is C20H28O2. The van der Waals surface area contributed by atoms with Crippen molar-refractivity contribution in [2.45, 2.75) is 71.3 Å². The first-order chi connectivity index (χ1) is 10.3. The summed E-state index contributed by atoms with van der Waals surface area (Å²) in [6, 6.07) is 0. The maximum absolute atomic E-state index is 12.4. The lowest BCUT2D eigenvalue weighted by atomic mass is 9.45. The van der Waals surface area contributed by atoms with Gasteiger partial charge in [-0.1, -0.05) is 37.1 Å². The van der Waals surface area contributed by atoms with Crippen LogP contribution >= 0.6 is 0 Å². The predicted octanol–water partition coefficient (Wildman–Crippen LogP) is 4.19. The van der Waals surface area contributed by atoms with Crippen molar-refractivity contribution in [2.24, 2.45) is 22.7 Å². The molecule has 0 aromatic carbocycles. The number of aliphatic hydroxyl groups is 1. The highest BCUT2D eigenvalue weighted by Crippen LogP contribution is 2.66. The van der Waals surface area contributed by atoms with E-state index in [1.165, 1.54) is 11.1 Å². The molecule has 0 spiro atoms. The summed E-state index contributed by atoms with van der Waals surface area (Å²) < 4.78 is 0. The van der Waals surface area contributed by atoms with Gasteiger partial charge in [0, 0.05) is 17.3 Å². The molecule has 120 valence electrons. The molecule has 5 atom stereocenters. The smallest absolute Gasteiger partial charge is 0.139 e. The van der Waals surface area contributed by atoms with Crippen LogP contribution in [0.3, 0.4) is 0 Å². The molecule has 2 unspecified atom stereocenters. The van der Waals surface area contributed by atoms with Gasteiger partial charge in [0.25, 0.3) is 0 Å². The van der Waals surface area contributed by atoms with Gasteiger partial charge < -0.3 is 5.11 Å². The molecule has 3 saturated carbocycles. The van der Waals surface area contributed by atoms with Gasteiger partial charge in [-0.25, -0.2) is 0 Å². The van der Waals surface area contributed by atoms with Crippen molar-refractivity contribution in [3.63, 3.8) is 0 Å². The van der Waals surface area contributed by atoms with Crippen LogP contribution < -0.4 is 0 Å². The summed E-state index contributed by atoms with van der Waals surface area (Å²) in [5.41, 5.74) is 1.88. The van der Waals surface area contributed by atoms with E-state index < -0.39 is 5.60 Å². The minimum absolute atomic E-state index is 0.123. The fourth-order valence-corrected chi connectivity index (χ4v) is 6.26. The zero-order valence-electron chi connectivity index (χ0n) is 14.1. The van der Waals surface area contributed by atoms with Crippen molar-refractivity contribution in [1.29, 1.82) is 0 Å². The van der Waals surface area contributed by atoms with Crippen molar-refractivity contribution >= 4 is 5.78 Å². The minimum atomic E-state index is -0.622. The van der Waals surface area contributed by atoms with E-state index in [0.717, 1.165) is 44.9 Å². The highest BCUT2D eigenvalue weighted by atomic mass is 16.3. The van der Waals surface area contributed by atoms with E-state index in [1.54, 1.807) is 0 Å². The van der Waals surface area contributed by atoms with Crippen LogP contribution in [0.2, 0.25) is 0 Å². The van der Waals surface area contributed by atoms with Gasteiger partial charge in [0.1, 0.15) is 5.78 Å². The Morgan fingerprint density at radius 2 is 1.86 bits per heavy atom. The first kappa shape index (κ1) is 14.7. The number of carbonyl (C=O) groups is 1. The first-order valence-corrected chi connectivity index (χ1v) is 8.95. The van der Waals surface area contributed by atoms with E-state index in [0.29, 0.717) is 17.6 Å². The number of rotatable bonds is 0. The number of hydrogen-bond acceptors (Lipinski definition) is 2. The molecule has 22 heavy (non-hydrogen) atoms. The first-order valence-electron chi connectivity index (χ1n) is 8.95. The summed E-state index contributed by atoms with van der Waals surface area (Å²) in [6.45, 7) is 6.61. The SMILES string of the molecule is CC1=CC[C@@]2(C)C(=C1)CCC1C3CCC(=O)[C@@]3(C)CC[C@@]12O. The lowest BCUT2D eigenvalue weighted by Gasteiger charge is -2.61. The Kier molecular flexibility index (Phi) is 2.90. The van der Waals surface area contributed by atoms with E-state index in [9.17, 15) is 9.90 Å². The molecule has 0 aromatic heterocycles. The molecule has 2 nitrogen and oxygen atoms in total. The van der Waals surface area contributed by atoms with Gasteiger partial charge in [-0.3, -0.25) is 4.79 Å². The quantitative estimate of drug-likeness (QED) is 0.728. The second-order valence-electron chi connectivity index (χ2n) is 8.71. The van der Waals surface area contributed by atoms with Crippen LogP contribution in [0.4, 0.5) is 0 Å². The molecule has 0 saturated heterocycles. The number of fused-ring (bicyclic) bond motifs is 5. The molecule has 0 amide bonds. The van der Waals surface area contributed by atoms with Gasteiger partial charge in [0.2, 0.25) is 0 Å². The van der Waals surface area contributed by atoms with E-state index in [-0.39, 0.29) is 10.8 Å². The largest absolute Gasteiger partial charge is 0.389 e. The lowest BCUT2D eigenvalue weighted by molar-refractivity contribution is -0.184. The Morgan fingerprint density at radius 1 is 1.14 bits per heavy atom. The zero-order chi connectivity index (χ0) is 15.8. The number of allylic oxidation sites excluding steroid dienone is 3. The Morgan fingerprint density at radius 3 is 2.64 bits per heavy atom. The Balaban J connectivity index is 1.77. The van der Waals surface area contributed by atoms with Gasteiger partial charge in [-0.05, 0) is 57.3 Å². The standard InChI is InChI=1S/C20H28O2/c1-13-8-9-19(3)14(12-13)4-5-16-15-6-7-17(21)18(15,2)10-11-20(16,19)22/h8,12,15-16,22H,4-7,9-11H2,1-3H3/t15?,16?,18-,19-,20+/m0/s1. The summed E-state index contributed by atoms with van der Waals surface area (Å²) in [4.78, 5) is 12.4.